The maximum atomic E-state index is 4.20. The lowest BCUT2D eigenvalue weighted by Crippen LogP contribution is -2.34. The molecule has 0 bridgehead atoms. The Bertz CT molecular complexity index is 352. The van der Waals surface area contributed by atoms with E-state index in [0.29, 0.717) is 11.5 Å². The number of nitrogens with zero attached hydrogens (tertiary/aromatic N) is 3. The van der Waals surface area contributed by atoms with Crippen molar-refractivity contribution >= 4 is 0 Å². The summed E-state index contributed by atoms with van der Waals surface area (Å²) in [6, 6.07) is 0.381. The van der Waals surface area contributed by atoms with Crippen molar-refractivity contribution in [3.8, 4) is 0 Å². The number of rotatable bonds is 5. The Kier molecular flexibility index (Phi) is 3.82. The standard InChI is InChI=1S/C13H24N4/c1-4-9-17-11(10-15-16-17)12(14-3)13(2)7-5-6-8-13/h10,12,14H,4-9H2,1-3H3. The minimum Gasteiger partial charge on any atom is -0.311 e. The molecule has 1 unspecified atom stereocenters. The molecular formula is C13H24N4. The molecular weight excluding hydrogens is 212 g/mol. The van der Waals surface area contributed by atoms with Crippen LogP contribution in [0.1, 0.15) is 57.7 Å². The minimum absolute atomic E-state index is 0.363. The summed E-state index contributed by atoms with van der Waals surface area (Å²) in [4.78, 5) is 0. The van der Waals surface area contributed by atoms with Crippen LogP contribution in [-0.4, -0.2) is 22.0 Å². The van der Waals surface area contributed by atoms with Gasteiger partial charge >= 0.3 is 0 Å². The molecule has 0 spiro atoms. The topological polar surface area (TPSA) is 42.7 Å². The van der Waals surface area contributed by atoms with Gasteiger partial charge in [-0.15, -0.1) is 5.10 Å². The molecule has 1 N–H and O–H groups in total. The summed E-state index contributed by atoms with van der Waals surface area (Å²) in [6.45, 7) is 5.53. The van der Waals surface area contributed by atoms with Gasteiger partial charge in [-0.25, -0.2) is 4.68 Å². The van der Waals surface area contributed by atoms with Gasteiger partial charge in [-0.1, -0.05) is 31.9 Å². The summed E-state index contributed by atoms with van der Waals surface area (Å²) in [7, 11) is 2.05. The number of aromatic nitrogens is 3. The molecule has 0 radical (unpaired) electrons. The molecule has 1 aliphatic rings. The number of aryl methyl sites for hydroxylation is 1. The molecule has 0 aromatic carbocycles. The third kappa shape index (κ3) is 2.37. The van der Waals surface area contributed by atoms with Gasteiger partial charge in [0.1, 0.15) is 0 Å². The zero-order valence-electron chi connectivity index (χ0n) is 11.2. The molecule has 1 atom stereocenters. The van der Waals surface area contributed by atoms with Gasteiger partial charge in [-0.05, 0) is 31.7 Å². The summed E-state index contributed by atoms with van der Waals surface area (Å²) in [5.74, 6) is 0. The highest BCUT2D eigenvalue weighted by Crippen LogP contribution is 2.46. The van der Waals surface area contributed by atoms with Gasteiger partial charge < -0.3 is 5.32 Å². The first-order valence-electron chi connectivity index (χ1n) is 6.77. The molecule has 1 fully saturated rings. The van der Waals surface area contributed by atoms with Crippen molar-refractivity contribution in [2.75, 3.05) is 7.05 Å². The molecule has 1 heterocycles. The third-order valence-corrected chi connectivity index (χ3v) is 4.11. The second kappa shape index (κ2) is 5.17. The molecule has 1 aromatic rings. The molecule has 4 heteroatoms. The first kappa shape index (κ1) is 12.6. The average Bonchev–Trinajstić information content (AvgIpc) is 2.91. The Morgan fingerprint density at radius 3 is 2.76 bits per heavy atom. The fraction of sp³-hybridized carbons (Fsp3) is 0.846. The smallest absolute Gasteiger partial charge is 0.0762 e. The summed E-state index contributed by atoms with van der Waals surface area (Å²) in [6.07, 6.45) is 8.34. The molecule has 0 aliphatic heterocycles. The van der Waals surface area contributed by atoms with E-state index in [4.69, 9.17) is 0 Å². The number of hydrogen-bond donors (Lipinski definition) is 1. The fourth-order valence-corrected chi connectivity index (χ4v) is 3.20. The summed E-state index contributed by atoms with van der Waals surface area (Å²) in [5, 5.41) is 11.8. The van der Waals surface area contributed by atoms with Gasteiger partial charge in [0.15, 0.2) is 0 Å². The van der Waals surface area contributed by atoms with Crippen molar-refractivity contribution in [1.29, 1.82) is 0 Å². The average molecular weight is 236 g/mol. The lowest BCUT2D eigenvalue weighted by molar-refractivity contribution is 0.222. The zero-order chi connectivity index (χ0) is 12.3. The lowest BCUT2D eigenvalue weighted by Gasteiger charge is -2.33. The molecule has 1 aliphatic carbocycles. The van der Waals surface area contributed by atoms with Gasteiger partial charge in [0.2, 0.25) is 0 Å². The van der Waals surface area contributed by atoms with E-state index in [9.17, 15) is 0 Å². The predicted molar refractivity (Wildman–Crippen MR) is 68.7 cm³/mol. The van der Waals surface area contributed by atoms with Crippen molar-refractivity contribution in [2.24, 2.45) is 5.41 Å². The van der Waals surface area contributed by atoms with Crippen molar-refractivity contribution in [3.63, 3.8) is 0 Å². The van der Waals surface area contributed by atoms with E-state index >= 15 is 0 Å². The molecule has 1 aromatic heterocycles. The zero-order valence-corrected chi connectivity index (χ0v) is 11.2. The van der Waals surface area contributed by atoms with E-state index in [1.165, 1.54) is 31.4 Å². The summed E-state index contributed by atoms with van der Waals surface area (Å²) in [5.41, 5.74) is 1.61. The van der Waals surface area contributed by atoms with E-state index < -0.39 is 0 Å². The van der Waals surface area contributed by atoms with Crippen LogP contribution in [0.15, 0.2) is 6.20 Å². The summed E-state index contributed by atoms with van der Waals surface area (Å²) < 4.78 is 2.06. The Hall–Kier alpha value is -0.900. The molecule has 17 heavy (non-hydrogen) atoms. The minimum atomic E-state index is 0.363. The van der Waals surface area contributed by atoms with Crippen molar-refractivity contribution < 1.29 is 0 Å². The van der Waals surface area contributed by atoms with Gasteiger partial charge in [-0.3, -0.25) is 0 Å². The maximum absolute atomic E-state index is 4.20. The van der Waals surface area contributed by atoms with Crippen LogP contribution in [0, 0.1) is 5.41 Å². The fourth-order valence-electron chi connectivity index (χ4n) is 3.20. The largest absolute Gasteiger partial charge is 0.311 e. The van der Waals surface area contributed by atoms with Crippen LogP contribution in [0.4, 0.5) is 0 Å². The van der Waals surface area contributed by atoms with Crippen molar-refractivity contribution in [2.45, 2.75) is 58.5 Å². The Labute approximate surface area is 104 Å². The van der Waals surface area contributed by atoms with E-state index in [2.05, 4.69) is 41.2 Å². The van der Waals surface area contributed by atoms with E-state index in [0.717, 1.165) is 13.0 Å². The van der Waals surface area contributed by atoms with E-state index in [1.54, 1.807) is 0 Å². The first-order valence-corrected chi connectivity index (χ1v) is 6.77. The highest BCUT2D eigenvalue weighted by atomic mass is 15.4. The van der Waals surface area contributed by atoms with E-state index in [-0.39, 0.29) is 0 Å². The predicted octanol–water partition coefficient (Wildman–Crippen LogP) is 2.53. The van der Waals surface area contributed by atoms with Crippen molar-refractivity contribution in [1.82, 2.24) is 20.3 Å². The van der Waals surface area contributed by atoms with Crippen molar-refractivity contribution in [3.05, 3.63) is 11.9 Å². The highest BCUT2D eigenvalue weighted by molar-refractivity contribution is 5.09. The highest BCUT2D eigenvalue weighted by Gasteiger charge is 2.38. The van der Waals surface area contributed by atoms with E-state index in [1.807, 2.05) is 6.20 Å². The summed E-state index contributed by atoms with van der Waals surface area (Å²) >= 11 is 0. The Morgan fingerprint density at radius 2 is 2.18 bits per heavy atom. The molecule has 1 saturated carbocycles. The van der Waals surface area contributed by atoms with Gasteiger partial charge in [-0.2, -0.15) is 0 Å². The Morgan fingerprint density at radius 1 is 1.47 bits per heavy atom. The van der Waals surface area contributed by atoms with Crippen LogP contribution in [0.3, 0.4) is 0 Å². The third-order valence-electron chi connectivity index (χ3n) is 4.11. The monoisotopic (exact) mass is 236 g/mol. The SMILES string of the molecule is CCCn1nncc1C(NC)C1(C)CCCC1. The second-order valence-electron chi connectivity index (χ2n) is 5.46. The molecule has 0 amide bonds. The van der Waals surface area contributed by atoms with Crippen LogP contribution in [0.5, 0.6) is 0 Å². The van der Waals surface area contributed by atoms with Gasteiger partial charge in [0, 0.05) is 6.54 Å². The quantitative estimate of drug-likeness (QED) is 0.854. The van der Waals surface area contributed by atoms with Crippen LogP contribution >= 0.6 is 0 Å². The normalized spacial score (nSPS) is 20.6. The number of hydrogen-bond acceptors (Lipinski definition) is 3. The molecule has 0 saturated heterocycles. The lowest BCUT2D eigenvalue weighted by atomic mass is 9.79. The molecule has 4 nitrogen and oxygen atoms in total. The second-order valence-corrected chi connectivity index (χ2v) is 5.46. The van der Waals surface area contributed by atoms with Crippen LogP contribution in [0.25, 0.3) is 0 Å². The first-order chi connectivity index (χ1) is 8.21. The number of nitrogens with one attached hydrogen (secondary N) is 1. The van der Waals surface area contributed by atoms with Crippen LogP contribution < -0.4 is 5.32 Å². The van der Waals surface area contributed by atoms with Crippen LogP contribution in [-0.2, 0) is 6.54 Å². The van der Waals surface area contributed by atoms with Gasteiger partial charge in [0.25, 0.3) is 0 Å². The molecule has 2 rings (SSSR count). The Balaban J connectivity index is 2.25. The molecule has 96 valence electrons. The van der Waals surface area contributed by atoms with Gasteiger partial charge in [0.05, 0.1) is 17.9 Å². The van der Waals surface area contributed by atoms with Crippen LogP contribution in [0.2, 0.25) is 0 Å². The maximum Gasteiger partial charge on any atom is 0.0762 e.